The van der Waals surface area contributed by atoms with Crippen molar-refractivity contribution in [1.82, 2.24) is 4.90 Å². The van der Waals surface area contributed by atoms with Gasteiger partial charge in [0, 0.05) is 0 Å². The summed E-state index contributed by atoms with van der Waals surface area (Å²) in [5.74, 6) is 0. The van der Waals surface area contributed by atoms with Gasteiger partial charge in [-0.2, -0.15) is 0 Å². The summed E-state index contributed by atoms with van der Waals surface area (Å²) < 4.78 is 0. The lowest BCUT2D eigenvalue weighted by Crippen LogP contribution is -2.20. The molecule has 0 N–H and O–H groups in total. The molecular formula is C40H75N. The Morgan fingerprint density at radius 3 is 0.902 bits per heavy atom. The van der Waals surface area contributed by atoms with Gasteiger partial charge in [-0.05, 0) is 97.2 Å². The van der Waals surface area contributed by atoms with Gasteiger partial charge in [-0.25, -0.2) is 0 Å². The highest BCUT2D eigenvalue weighted by Gasteiger charge is 1.99. The van der Waals surface area contributed by atoms with Crippen molar-refractivity contribution in [2.24, 2.45) is 0 Å². The molecule has 0 radical (unpaired) electrons. The Kier molecular flexibility index (Phi) is 36.0. The summed E-state index contributed by atoms with van der Waals surface area (Å²) in [6.45, 7) is 7.13. The third-order valence-corrected chi connectivity index (χ3v) is 8.23. The van der Waals surface area contributed by atoms with Gasteiger partial charge in [0.05, 0.1) is 0 Å². The largest absolute Gasteiger partial charge is 0.306 e. The van der Waals surface area contributed by atoms with Crippen molar-refractivity contribution in [3.63, 3.8) is 0 Å². The van der Waals surface area contributed by atoms with E-state index in [0.717, 1.165) is 12.8 Å². The molecule has 0 aliphatic rings. The molecule has 0 rings (SSSR count). The fraction of sp³-hybridized carbons (Fsp3) is 0.800. The quantitative estimate of drug-likeness (QED) is 0.0561. The lowest BCUT2D eigenvalue weighted by atomic mass is 10.1. The van der Waals surface area contributed by atoms with E-state index in [4.69, 9.17) is 0 Å². The second-order valence-electron chi connectivity index (χ2n) is 12.5. The zero-order valence-corrected chi connectivity index (χ0v) is 28.6. The first-order valence-electron chi connectivity index (χ1n) is 18.6. The minimum absolute atomic E-state index is 1.12. The van der Waals surface area contributed by atoms with Crippen LogP contribution in [0.15, 0.2) is 48.6 Å². The van der Waals surface area contributed by atoms with Crippen LogP contribution >= 0.6 is 0 Å². The molecule has 0 aromatic heterocycles. The van der Waals surface area contributed by atoms with Gasteiger partial charge in [-0.3, -0.25) is 0 Å². The van der Waals surface area contributed by atoms with Crippen molar-refractivity contribution in [2.75, 3.05) is 20.1 Å². The monoisotopic (exact) mass is 570 g/mol. The van der Waals surface area contributed by atoms with E-state index >= 15 is 0 Å². The van der Waals surface area contributed by atoms with Crippen molar-refractivity contribution in [2.45, 2.75) is 187 Å². The molecule has 0 heterocycles. The smallest absolute Gasteiger partial charge is 0.00218 e. The van der Waals surface area contributed by atoms with Crippen molar-refractivity contribution in [3.05, 3.63) is 48.6 Å². The molecule has 0 spiro atoms. The first kappa shape index (κ1) is 39.9. The average molecular weight is 570 g/mol. The molecule has 0 amide bonds. The maximum atomic E-state index is 2.57. The van der Waals surface area contributed by atoms with E-state index < -0.39 is 0 Å². The van der Waals surface area contributed by atoms with Crippen molar-refractivity contribution >= 4 is 0 Å². The Balaban J connectivity index is 3.27. The Morgan fingerprint density at radius 2 is 0.585 bits per heavy atom. The second kappa shape index (κ2) is 36.9. The van der Waals surface area contributed by atoms with Crippen LogP contribution in [0.4, 0.5) is 0 Å². The van der Waals surface area contributed by atoms with Crippen molar-refractivity contribution < 1.29 is 0 Å². The van der Waals surface area contributed by atoms with Gasteiger partial charge >= 0.3 is 0 Å². The third-order valence-electron chi connectivity index (χ3n) is 8.23. The van der Waals surface area contributed by atoms with Crippen LogP contribution in [-0.4, -0.2) is 25.0 Å². The second-order valence-corrected chi connectivity index (χ2v) is 12.5. The lowest BCUT2D eigenvalue weighted by Gasteiger charge is -2.16. The van der Waals surface area contributed by atoms with Gasteiger partial charge in [0.15, 0.2) is 0 Å². The van der Waals surface area contributed by atoms with Crippen LogP contribution in [0.2, 0.25) is 0 Å². The molecule has 0 aliphatic carbocycles. The van der Waals surface area contributed by atoms with Gasteiger partial charge in [0.25, 0.3) is 0 Å². The van der Waals surface area contributed by atoms with E-state index in [1.165, 1.54) is 174 Å². The van der Waals surface area contributed by atoms with Crippen LogP contribution in [0.3, 0.4) is 0 Å². The fourth-order valence-corrected chi connectivity index (χ4v) is 5.38. The normalized spacial score (nSPS) is 12.5. The molecule has 0 saturated heterocycles. The molecule has 1 nitrogen and oxygen atoms in total. The molecule has 0 fully saturated rings. The Labute approximate surface area is 260 Å². The number of nitrogens with zero attached hydrogens (tertiary/aromatic N) is 1. The minimum atomic E-state index is 1.12. The third kappa shape index (κ3) is 36.9. The first-order chi connectivity index (χ1) is 20.3. The van der Waals surface area contributed by atoms with E-state index in [1.807, 2.05) is 0 Å². The Bertz CT molecular complexity index is 584. The highest BCUT2D eigenvalue weighted by atomic mass is 15.1. The van der Waals surface area contributed by atoms with E-state index in [0.29, 0.717) is 0 Å². The van der Waals surface area contributed by atoms with Crippen molar-refractivity contribution in [1.29, 1.82) is 0 Å². The summed E-state index contributed by atoms with van der Waals surface area (Å²) in [5.41, 5.74) is 0. The summed E-state index contributed by atoms with van der Waals surface area (Å²) in [7, 11) is 2.33. The predicted octanol–water partition coefficient (Wildman–Crippen LogP) is 13.7. The van der Waals surface area contributed by atoms with Gasteiger partial charge in [-0.1, -0.05) is 159 Å². The Hall–Kier alpha value is -1.08. The first-order valence-corrected chi connectivity index (χ1v) is 18.6. The SMILES string of the molecule is CCCCC/C=C\C/C=C\CCCCCCCCCCCN(C)CCCCCCCC/C=C\C/C=C\CCCCC. The van der Waals surface area contributed by atoms with Crippen LogP contribution < -0.4 is 0 Å². The standard InChI is InChI=1S/C40H75N/c1-4-6-8-10-12-14-16-18-20-22-23-24-26-28-30-32-34-36-38-40-41(3)39-37-35-33-31-29-27-25-21-19-17-15-13-11-9-7-5-2/h12-15,18-21H,4-11,16-17,22-40H2,1-3H3/b14-12-,15-13-,20-18-,21-19-. The number of rotatable bonds is 33. The lowest BCUT2D eigenvalue weighted by molar-refractivity contribution is 0.314. The maximum Gasteiger partial charge on any atom is -0.00218 e. The van der Waals surface area contributed by atoms with Crippen LogP contribution in [0, 0.1) is 0 Å². The van der Waals surface area contributed by atoms with Gasteiger partial charge in [-0.15, -0.1) is 0 Å². The van der Waals surface area contributed by atoms with E-state index in [9.17, 15) is 0 Å². The molecular weight excluding hydrogens is 494 g/mol. The summed E-state index contributed by atoms with van der Waals surface area (Å²) in [5, 5.41) is 0. The highest BCUT2D eigenvalue weighted by Crippen LogP contribution is 2.12. The molecule has 0 aromatic carbocycles. The summed E-state index contributed by atoms with van der Waals surface area (Å²) in [6, 6.07) is 0. The summed E-state index contributed by atoms with van der Waals surface area (Å²) in [6.07, 6.45) is 55.5. The maximum absolute atomic E-state index is 2.57. The molecule has 0 aromatic rings. The zero-order valence-electron chi connectivity index (χ0n) is 28.6. The van der Waals surface area contributed by atoms with E-state index in [1.54, 1.807) is 0 Å². The molecule has 0 bridgehead atoms. The zero-order chi connectivity index (χ0) is 29.7. The molecule has 0 aliphatic heterocycles. The molecule has 0 saturated carbocycles. The fourth-order valence-electron chi connectivity index (χ4n) is 5.38. The van der Waals surface area contributed by atoms with Crippen LogP contribution in [0.5, 0.6) is 0 Å². The molecule has 0 atom stereocenters. The molecule has 1 heteroatoms. The predicted molar refractivity (Wildman–Crippen MR) is 190 cm³/mol. The van der Waals surface area contributed by atoms with Gasteiger partial charge in [0.1, 0.15) is 0 Å². The highest BCUT2D eigenvalue weighted by molar-refractivity contribution is 4.93. The minimum Gasteiger partial charge on any atom is -0.306 e. The number of hydrogen-bond acceptors (Lipinski definition) is 1. The van der Waals surface area contributed by atoms with Crippen LogP contribution in [0.25, 0.3) is 0 Å². The topological polar surface area (TPSA) is 3.24 Å². The van der Waals surface area contributed by atoms with Gasteiger partial charge in [0.2, 0.25) is 0 Å². The van der Waals surface area contributed by atoms with E-state index in [2.05, 4.69) is 74.4 Å². The van der Waals surface area contributed by atoms with Crippen LogP contribution in [-0.2, 0) is 0 Å². The molecule has 0 unspecified atom stereocenters. The number of unbranched alkanes of at least 4 members (excludes halogenated alkanes) is 21. The summed E-state index contributed by atoms with van der Waals surface area (Å²) in [4.78, 5) is 2.57. The van der Waals surface area contributed by atoms with Crippen molar-refractivity contribution in [3.8, 4) is 0 Å². The molecule has 41 heavy (non-hydrogen) atoms. The van der Waals surface area contributed by atoms with Gasteiger partial charge < -0.3 is 4.90 Å². The average Bonchev–Trinajstić information content (AvgIpc) is 2.98. The molecule has 240 valence electrons. The number of hydrogen-bond donors (Lipinski definition) is 0. The summed E-state index contributed by atoms with van der Waals surface area (Å²) >= 11 is 0. The Morgan fingerprint density at radius 1 is 0.317 bits per heavy atom. The van der Waals surface area contributed by atoms with Crippen LogP contribution in [0.1, 0.15) is 187 Å². The van der Waals surface area contributed by atoms with E-state index in [-0.39, 0.29) is 0 Å². The number of allylic oxidation sites excluding steroid dienone is 8.